The van der Waals surface area contributed by atoms with Crippen molar-refractivity contribution in [2.45, 2.75) is 31.6 Å². The standard InChI is InChI=1S/C21H22ClFN6.C2HF3O2/c22-15-1-4-17(23)14(11-15)13-28-7-9-29(10-8-28)21-20(25-16-2-3-16)26-18-5-6-24-12-19(18)27-21;3-2(4,5)1(6)7/h1,4-6,11-12,16H,2-3,7-10,13H2,(H,25,26);(H,6,7). The fourth-order valence-corrected chi connectivity index (χ4v) is 3.85. The fraction of sp³-hybridized carbons (Fsp3) is 0.391. The smallest absolute Gasteiger partial charge is 0.475 e. The van der Waals surface area contributed by atoms with Crippen LogP contribution in [0.3, 0.4) is 0 Å². The second kappa shape index (κ2) is 10.8. The van der Waals surface area contributed by atoms with Gasteiger partial charge >= 0.3 is 12.1 Å². The van der Waals surface area contributed by atoms with Crippen molar-refractivity contribution in [2.75, 3.05) is 36.4 Å². The number of hydrogen-bond acceptors (Lipinski definition) is 7. The van der Waals surface area contributed by atoms with Gasteiger partial charge in [-0.05, 0) is 37.1 Å². The number of fused-ring (bicyclic) bond motifs is 1. The highest BCUT2D eigenvalue weighted by molar-refractivity contribution is 6.30. The summed E-state index contributed by atoms with van der Waals surface area (Å²) < 4.78 is 45.8. The number of nitrogens with one attached hydrogen (secondary N) is 1. The molecule has 0 bridgehead atoms. The Morgan fingerprint density at radius 2 is 1.81 bits per heavy atom. The number of aliphatic carboxylic acids is 1. The van der Waals surface area contributed by atoms with Crippen LogP contribution in [0.25, 0.3) is 11.0 Å². The van der Waals surface area contributed by atoms with Gasteiger partial charge in [-0.15, -0.1) is 0 Å². The van der Waals surface area contributed by atoms with Gasteiger partial charge in [-0.2, -0.15) is 13.2 Å². The minimum absolute atomic E-state index is 0.208. The van der Waals surface area contributed by atoms with E-state index in [9.17, 15) is 17.6 Å². The minimum atomic E-state index is -5.08. The number of pyridine rings is 1. The number of benzene rings is 1. The van der Waals surface area contributed by atoms with Crippen LogP contribution < -0.4 is 10.2 Å². The molecule has 8 nitrogen and oxygen atoms in total. The van der Waals surface area contributed by atoms with Crippen molar-refractivity contribution >= 4 is 40.2 Å². The van der Waals surface area contributed by atoms with Crippen LogP contribution in [-0.4, -0.2) is 69.3 Å². The van der Waals surface area contributed by atoms with E-state index in [1.54, 1.807) is 24.5 Å². The van der Waals surface area contributed by atoms with Gasteiger partial charge in [0, 0.05) is 55.5 Å². The molecule has 0 unspecified atom stereocenters. The van der Waals surface area contributed by atoms with E-state index in [-0.39, 0.29) is 5.82 Å². The summed E-state index contributed by atoms with van der Waals surface area (Å²) >= 11 is 6.03. The molecule has 0 spiro atoms. The topological polar surface area (TPSA) is 94.5 Å². The van der Waals surface area contributed by atoms with Gasteiger partial charge in [-0.3, -0.25) is 9.88 Å². The first-order valence-electron chi connectivity index (χ1n) is 11.2. The lowest BCUT2D eigenvalue weighted by atomic mass is 10.2. The molecule has 1 aliphatic heterocycles. The van der Waals surface area contributed by atoms with Gasteiger partial charge < -0.3 is 15.3 Å². The predicted octanol–water partition coefficient (Wildman–Crippen LogP) is 4.35. The number of carbonyl (C=O) groups is 1. The lowest BCUT2D eigenvalue weighted by molar-refractivity contribution is -0.192. The summed E-state index contributed by atoms with van der Waals surface area (Å²) in [5, 5.41) is 11.2. The van der Waals surface area contributed by atoms with Crippen LogP contribution in [0.4, 0.5) is 29.2 Å². The number of carboxylic acids is 1. The number of aromatic nitrogens is 3. The maximum atomic E-state index is 14.1. The summed E-state index contributed by atoms with van der Waals surface area (Å²) in [6.45, 7) is 3.81. The van der Waals surface area contributed by atoms with E-state index < -0.39 is 12.1 Å². The number of rotatable bonds is 5. The second-order valence-electron chi connectivity index (χ2n) is 8.48. The number of halogens is 5. The molecular weight excluding hydrogens is 504 g/mol. The van der Waals surface area contributed by atoms with Gasteiger partial charge in [0.25, 0.3) is 0 Å². The van der Waals surface area contributed by atoms with Crippen molar-refractivity contribution in [1.82, 2.24) is 19.9 Å². The molecule has 2 N–H and O–H groups in total. The highest BCUT2D eigenvalue weighted by Gasteiger charge is 2.38. The van der Waals surface area contributed by atoms with Crippen molar-refractivity contribution < 1.29 is 27.5 Å². The number of carboxylic acid groups (broad SMARTS) is 1. The summed E-state index contributed by atoms with van der Waals surface area (Å²) in [6.07, 6.45) is 0.763. The van der Waals surface area contributed by atoms with Crippen LogP contribution in [0.5, 0.6) is 0 Å². The van der Waals surface area contributed by atoms with Crippen LogP contribution in [0.1, 0.15) is 18.4 Å². The third kappa shape index (κ3) is 6.70. The molecular formula is C23H23ClF4N6O2. The first kappa shape index (κ1) is 25.8. The monoisotopic (exact) mass is 526 g/mol. The molecule has 0 radical (unpaired) electrons. The number of nitrogens with zero attached hydrogens (tertiary/aromatic N) is 5. The Labute approximate surface area is 208 Å². The maximum Gasteiger partial charge on any atom is 0.490 e. The van der Waals surface area contributed by atoms with E-state index in [0.717, 1.165) is 48.8 Å². The quantitative estimate of drug-likeness (QED) is 0.474. The Bertz CT molecular complexity index is 1230. The van der Waals surface area contributed by atoms with E-state index in [1.165, 1.54) is 18.9 Å². The number of piperazine rings is 1. The lowest BCUT2D eigenvalue weighted by Gasteiger charge is -2.36. The Balaban J connectivity index is 0.000000384. The van der Waals surface area contributed by atoms with Crippen molar-refractivity contribution in [3.8, 4) is 0 Å². The summed E-state index contributed by atoms with van der Waals surface area (Å²) in [6, 6.07) is 7.11. The Morgan fingerprint density at radius 3 is 2.44 bits per heavy atom. The molecule has 13 heteroatoms. The van der Waals surface area contributed by atoms with Crippen LogP contribution >= 0.6 is 11.6 Å². The summed E-state index contributed by atoms with van der Waals surface area (Å²) in [5.41, 5.74) is 2.29. The van der Waals surface area contributed by atoms with Crippen LogP contribution in [0.2, 0.25) is 5.02 Å². The number of anilines is 2. The van der Waals surface area contributed by atoms with Gasteiger partial charge in [0.05, 0.1) is 11.7 Å². The zero-order valence-corrected chi connectivity index (χ0v) is 19.7. The Kier molecular flexibility index (Phi) is 7.74. The molecule has 0 amide bonds. The van der Waals surface area contributed by atoms with Crippen molar-refractivity contribution in [2.24, 2.45) is 0 Å². The highest BCUT2D eigenvalue weighted by atomic mass is 35.5. The van der Waals surface area contributed by atoms with Crippen molar-refractivity contribution in [3.63, 3.8) is 0 Å². The fourth-order valence-electron chi connectivity index (χ4n) is 3.66. The normalized spacial score (nSPS) is 16.4. The maximum absolute atomic E-state index is 14.1. The molecule has 0 atom stereocenters. The third-order valence-corrected chi connectivity index (χ3v) is 5.92. The third-order valence-electron chi connectivity index (χ3n) is 5.68. The minimum Gasteiger partial charge on any atom is -0.475 e. The molecule has 1 aliphatic carbocycles. The van der Waals surface area contributed by atoms with E-state index >= 15 is 0 Å². The average molecular weight is 527 g/mol. The van der Waals surface area contributed by atoms with E-state index in [0.29, 0.717) is 23.2 Å². The van der Waals surface area contributed by atoms with E-state index in [2.05, 4.69) is 20.1 Å². The SMILES string of the molecule is Fc1ccc(Cl)cc1CN1CCN(c2nc3cnccc3nc2NC2CC2)CC1.O=C(O)C(F)(F)F. The van der Waals surface area contributed by atoms with Gasteiger partial charge in [0.15, 0.2) is 11.6 Å². The highest BCUT2D eigenvalue weighted by Crippen LogP contribution is 2.31. The molecule has 1 aromatic carbocycles. The number of alkyl halides is 3. The summed E-state index contributed by atoms with van der Waals surface area (Å²) in [5.74, 6) is -1.24. The predicted molar refractivity (Wildman–Crippen MR) is 127 cm³/mol. The Morgan fingerprint density at radius 1 is 1.11 bits per heavy atom. The van der Waals surface area contributed by atoms with Crippen LogP contribution in [0.15, 0.2) is 36.7 Å². The average Bonchev–Trinajstić information content (AvgIpc) is 3.65. The van der Waals surface area contributed by atoms with Crippen LogP contribution in [0, 0.1) is 5.82 Å². The zero-order chi connectivity index (χ0) is 25.9. The number of hydrogen-bond donors (Lipinski definition) is 2. The Hall–Kier alpha value is -3.25. The lowest BCUT2D eigenvalue weighted by Crippen LogP contribution is -2.46. The largest absolute Gasteiger partial charge is 0.490 e. The first-order valence-corrected chi connectivity index (χ1v) is 11.6. The van der Waals surface area contributed by atoms with Crippen molar-refractivity contribution in [1.29, 1.82) is 0 Å². The second-order valence-corrected chi connectivity index (χ2v) is 8.92. The van der Waals surface area contributed by atoms with Crippen LogP contribution in [-0.2, 0) is 11.3 Å². The first-order chi connectivity index (χ1) is 17.1. The molecule has 2 aliphatic rings. The van der Waals surface area contributed by atoms with Gasteiger partial charge in [-0.1, -0.05) is 11.6 Å². The molecule has 36 heavy (non-hydrogen) atoms. The summed E-state index contributed by atoms with van der Waals surface area (Å²) in [7, 11) is 0. The molecule has 3 heterocycles. The summed E-state index contributed by atoms with van der Waals surface area (Å²) in [4.78, 5) is 27.2. The molecule has 5 rings (SSSR count). The molecule has 1 saturated heterocycles. The molecule has 3 aromatic rings. The zero-order valence-electron chi connectivity index (χ0n) is 19.0. The van der Waals surface area contributed by atoms with Gasteiger partial charge in [-0.25, -0.2) is 19.2 Å². The van der Waals surface area contributed by atoms with Gasteiger partial charge in [0.2, 0.25) is 0 Å². The van der Waals surface area contributed by atoms with E-state index in [4.69, 9.17) is 31.5 Å². The van der Waals surface area contributed by atoms with Crippen molar-refractivity contribution in [3.05, 3.63) is 53.1 Å². The molecule has 192 valence electrons. The molecule has 2 fully saturated rings. The molecule has 1 saturated carbocycles. The molecule has 2 aromatic heterocycles. The van der Waals surface area contributed by atoms with E-state index in [1.807, 2.05) is 6.07 Å². The van der Waals surface area contributed by atoms with Gasteiger partial charge in [0.1, 0.15) is 11.3 Å².